The highest BCUT2D eigenvalue weighted by molar-refractivity contribution is 7.90. The van der Waals surface area contributed by atoms with Gasteiger partial charge >= 0.3 is 11.8 Å². The van der Waals surface area contributed by atoms with Gasteiger partial charge in [-0.15, -0.1) is 0 Å². The molecule has 2 aromatic carbocycles. The zero-order valence-corrected chi connectivity index (χ0v) is 16.7. The Bertz CT molecular complexity index is 1270. The maximum atomic E-state index is 13.3. The first-order valence-corrected chi connectivity index (χ1v) is 10.9. The largest absolute Gasteiger partial charge is 0.344 e. The van der Waals surface area contributed by atoms with Crippen molar-refractivity contribution in [2.75, 3.05) is 5.32 Å². The topological polar surface area (TPSA) is 110 Å². The number of benzene rings is 2. The van der Waals surface area contributed by atoms with Crippen molar-refractivity contribution in [3.8, 4) is 5.69 Å². The molecule has 1 aromatic heterocycles. The monoisotopic (exact) mass is 446 g/mol. The molecule has 0 fully saturated rings. The summed E-state index contributed by atoms with van der Waals surface area (Å²) in [6.07, 6.45) is 0. The Morgan fingerprint density at radius 2 is 1.55 bits per heavy atom. The number of nitrogens with one attached hydrogen (secondary N) is 2. The van der Waals surface area contributed by atoms with Crippen LogP contribution in [0.15, 0.2) is 48.5 Å². The van der Waals surface area contributed by atoms with Crippen LogP contribution < -0.4 is 10.6 Å². The summed E-state index contributed by atoms with van der Waals surface area (Å²) in [6, 6.07) is 10.6. The van der Waals surface area contributed by atoms with Crippen LogP contribution in [0.5, 0.6) is 0 Å². The molecule has 160 valence electrons. The van der Waals surface area contributed by atoms with Crippen molar-refractivity contribution in [3.63, 3.8) is 0 Å². The molecular weight excluding hydrogens is 430 g/mol. The second-order valence-corrected chi connectivity index (χ2v) is 9.02. The van der Waals surface area contributed by atoms with E-state index in [4.69, 9.17) is 0 Å². The molecule has 1 aliphatic rings. The molecule has 0 spiro atoms. The fourth-order valence-electron chi connectivity index (χ4n) is 3.17. The zero-order valence-electron chi connectivity index (χ0n) is 15.9. The minimum absolute atomic E-state index is 0.00373. The van der Waals surface area contributed by atoms with Crippen LogP contribution in [0, 0.1) is 11.6 Å². The van der Waals surface area contributed by atoms with Gasteiger partial charge in [0.15, 0.2) is 9.84 Å². The molecule has 31 heavy (non-hydrogen) atoms. The van der Waals surface area contributed by atoms with Crippen LogP contribution in [0.1, 0.15) is 16.8 Å². The van der Waals surface area contributed by atoms with Gasteiger partial charge in [-0.2, -0.15) is 5.10 Å². The lowest BCUT2D eigenvalue weighted by molar-refractivity contribution is -0.136. The summed E-state index contributed by atoms with van der Waals surface area (Å²) in [5.41, 5.74) is 1.51. The standard InChI is InChI=1S/C20H16F2N4O4S/c21-13-3-1-12(2-4-13)9-23-19(27)20(28)24-18-16-10-31(29,30)11-17(16)25-26(18)15-7-5-14(22)6-8-15/h1-8H,9-11H2,(H,23,27)(H,24,28). The van der Waals surface area contributed by atoms with Crippen LogP contribution in [0.25, 0.3) is 5.69 Å². The predicted molar refractivity (Wildman–Crippen MR) is 107 cm³/mol. The molecular formula is C20H16F2N4O4S. The molecule has 0 bridgehead atoms. The van der Waals surface area contributed by atoms with Gasteiger partial charge in [-0.3, -0.25) is 9.59 Å². The van der Waals surface area contributed by atoms with E-state index in [9.17, 15) is 26.8 Å². The number of sulfone groups is 1. The molecule has 2 amide bonds. The summed E-state index contributed by atoms with van der Waals surface area (Å²) in [5.74, 6) is -3.50. The van der Waals surface area contributed by atoms with E-state index in [1.54, 1.807) is 0 Å². The van der Waals surface area contributed by atoms with Crippen molar-refractivity contribution >= 4 is 27.5 Å². The fourth-order valence-corrected chi connectivity index (χ4v) is 4.66. The van der Waals surface area contributed by atoms with Gasteiger partial charge in [0.2, 0.25) is 0 Å². The smallest absolute Gasteiger partial charge is 0.314 e. The van der Waals surface area contributed by atoms with E-state index < -0.39 is 33.3 Å². The van der Waals surface area contributed by atoms with Crippen LogP contribution in [-0.2, 0) is 37.5 Å². The Labute approximate surface area is 175 Å². The van der Waals surface area contributed by atoms with E-state index >= 15 is 0 Å². The zero-order chi connectivity index (χ0) is 22.2. The lowest BCUT2D eigenvalue weighted by atomic mass is 10.2. The van der Waals surface area contributed by atoms with Gasteiger partial charge in [0, 0.05) is 12.1 Å². The van der Waals surface area contributed by atoms with Crippen molar-refractivity contribution in [2.45, 2.75) is 18.1 Å². The summed E-state index contributed by atoms with van der Waals surface area (Å²) < 4.78 is 51.5. The molecule has 8 nitrogen and oxygen atoms in total. The molecule has 2 heterocycles. The van der Waals surface area contributed by atoms with Crippen molar-refractivity contribution in [2.24, 2.45) is 0 Å². The highest BCUT2D eigenvalue weighted by atomic mass is 32.2. The van der Waals surface area contributed by atoms with Gasteiger partial charge in [-0.05, 0) is 42.0 Å². The SMILES string of the molecule is O=C(NCc1ccc(F)cc1)C(=O)Nc1c2c(nn1-c1ccc(F)cc1)CS(=O)(=O)C2. The number of carbonyl (C=O) groups excluding carboxylic acids is 2. The lowest BCUT2D eigenvalue weighted by Gasteiger charge is -2.11. The van der Waals surface area contributed by atoms with E-state index in [1.165, 1.54) is 53.2 Å². The normalized spacial score (nSPS) is 14.1. The third kappa shape index (κ3) is 4.45. The number of hydrogen-bond acceptors (Lipinski definition) is 5. The molecule has 11 heteroatoms. The maximum absolute atomic E-state index is 13.3. The van der Waals surface area contributed by atoms with Crippen LogP contribution in [0.4, 0.5) is 14.6 Å². The van der Waals surface area contributed by atoms with Gasteiger partial charge in [0.05, 0.1) is 22.9 Å². The van der Waals surface area contributed by atoms with Crippen LogP contribution in [0.2, 0.25) is 0 Å². The van der Waals surface area contributed by atoms with Crippen molar-refractivity contribution in [1.82, 2.24) is 15.1 Å². The molecule has 0 saturated heterocycles. The minimum atomic E-state index is -3.41. The molecule has 0 radical (unpaired) electrons. The van der Waals surface area contributed by atoms with Gasteiger partial charge in [-0.25, -0.2) is 21.9 Å². The first-order chi connectivity index (χ1) is 14.7. The molecule has 0 saturated carbocycles. The van der Waals surface area contributed by atoms with E-state index in [1.807, 2.05) is 0 Å². The summed E-state index contributed by atoms with van der Waals surface area (Å²) in [4.78, 5) is 24.7. The minimum Gasteiger partial charge on any atom is -0.344 e. The number of anilines is 1. The Kier molecular flexibility index (Phi) is 5.27. The van der Waals surface area contributed by atoms with Crippen LogP contribution >= 0.6 is 0 Å². The van der Waals surface area contributed by atoms with Crippen molar-refractivity contribution in [1.29, 1.82) is 0 Å². The molecule has 0 unspecified atom stereocenters. The van der Waals surface area contributed by atoms with Gasteiger partial charge in [0.1, 0.15) is 17.5 Å². The summed E-state index contributed by atoms with van der Waals surface area (Å²) in [6.45, 7) is -0.00373. The Morgan fingerprint density at radius 3 is 2.19 bits per heavy atom. The number of fused-ring (bicyclic) bond motifs is 1. The first kappa shape index (κ1) is 20.7. The number of rotatable bonds is 4. The third-order valence-electron chi connectivity index (χ3n) is 4.66. The Hall–Kier alpha value is -3.60. The summed E-state index contributed by atoms with van der Waals surface area (Å²) in [7, 11) is -3.41. The van der Waals surface area contributed by atoms with Crippen LogP contribution in [-0.4, -0.2) is 30.0 Å². The highest BCUT2D eigenvalue weighted by Crippen LogP contribution is 2.32. The fraction of sp³-hybridized carbons (Fsp3) is 0.150. The molecule has 1 aliphatic heterocycles. The Balaban J connectivity index is 1.56. The van der Waals surface area contributed by atoms with E-state index in [2.05, 4.69) is 15.7 Å². The summed E-state index contributed by atoms with van der Waals surface area (Å²) in [5, 5.41) is 9.06. The number of carbonyl (C=O) groups is 2. The predicted octanol–water partition coefficient (Wildman–Crippen LogP) is 1.83. The molecule has 0 atom stereocenters. The number of halogens is 2. The molecule has 0 aliphatic carbocycles. The third-order valence-corrected chi connectivity index (χ3v) is 6.11. The van der Waals surface area contributed by atoms with Crippen molar-refractivity contribution < 1.29 is 26.8 Å². The lowest BCUT2D eigenvalue weighted by Crippen LogP contribution is -2.35. The van der Waals surface area contributed by atoms with Gasteiger partial charge in [0.25, 0.3) is 0 Å². The van der Waals surface area contributed by atoms with Gasteiger partial charge in [-0.1, -0.05) is 12.1 Å². The van der Waals surface area contributed by atoms with E-state index in [0.29, 0.717) is 11.3 Å². The average molecular weight is 446 g/mol. The van der Waals surface area contributed by atoms with Crippen LogP contribution in [0.3, 0.4) is 0 Å². The number of aromatic nitrogens is 2. The molecule has 3 aromatic rings. The van der Waals surface area contributed by atoms with E-state index in [0.717, 1.165) is 0 Å². The number of hydrogen-bond donors (Lipinski definition) is 2. The Morgan fingerprint density at radius 1 is 0.935 bits per heavy atom. The summed E-state index contributed by atoms with van der Waals surface area (Å²) >= 11 is 0. The number of nitrogens with zero attached hydrogens (tertiary/aromatic N) is 2. The second-order valence-electron chi connectivity index (χ2n) is 6.96. The second kappa shape index (κ2) is 7.91. The first-order valence-electron chi connectivity index (χ1n) is 9.12. The quantitative estimate of drug-likeness (QED) is 0.595. The van der Waals surface area contributed by atoms with Crippen molar-refractivity contribution in [3.05, 3.63) is 77.0 Å². The molecule has 4 rings (SSSR count). The van der Waals surface area contributed by atoms with E-state index in [-0.39, 0.29) is 35.1 Å². The maximum Gasteiger partial charge on any atom is 0.314 e. The van der Waals surface area contributed by atoms with Gasteiger partial charge < -0.3 is 10.6 Å². The number of amides is 2. The average Bonchev–Trinajstić information content (AvgIpc) is 3.20. The molecule has 2 N–H and O–H groups in total. The highest BCUT2D eigenvalue weighted by Gasteiger charge is 2.33.